The number of benzene rings is 2. The molecule has 0 atom stereocenters. The lowest BCUT2D eigenvalue weighted by Gasteiger charge is -2.37. The predicted molar refractivity (Wildman–Crippen MR) is 126 cm³/mol. The minimum Gasteiger partial charge on any atom is -0.489 e. The van der Waals surface area contributed by atoms with Crippen LogP contribution in [0.25, 0.3) is 0 Å². The first-order valence-corrected chi connectivity index (χ1v) is 11.7. The van der Waals surface area contributed by atoms with Gasteiger partial charge in [-0.2, -0.15) is 0 Å². The number of rotatable bonds is 7. The van der Waals surface area contributed by atoms with Crippen molar-refractivity contribution in [2.45, 2.75) is 38.3 Å². The molecule has 1 saturated heterocycles. The number of likely N-dealkylation sites (tertiary alicyclic amines) is 1. The van der Waals surface area contributed by atoms with E-state index in [4.69, 9.17) is 27.9 Å². The lowest BCUT2D eigenvalue weighted by molar-refractivity contribution is 0.0532. The summed E-state index contributed by atoms with van der Waals surface area (Å²) in [7, 11) is 1.82. The van der Waals surface area contributed by atoms with E-state index in [-0.39, 0.29) is 12.1 Å². The van der Waals surface area contributed by atoms with Crippen molar-refractivity contribution in [3.63, 3.8) is 0 Å². The fraction of sp³-hybridized carbons (Fsp3) is 0.458. The molecule has 1 N–H and O–H groups in total. The molecule has 2 fully saturated rings. The van der Waals surface area contributed by atoms with Crippen molar-refractivity contribution < 1.29 is 9.53 Å². The van der Waals surface area contributed by atoms with E-state index in [9.17, 15) is 4.79 Å². The van der Waals surface area contributed by atoms with E-state index in [0.717, 1.165) is 54.5 Å². The van der Waals surface area contributed by atoms with Gasteiger partial charge in [0.1, 0.15) is 5.75 Å². The van der Waals surface area contributed by atoms with Crippen LogP contribution in [0.1, 0.15) is 31.2 Å². The molecule has 0 radical (unpaired) electrons. The number of hydrogen-bond acceptors (Lipinski definition) is 3. The Morgan fingerprint density at radius 3 is 2.55 bits per heavy atom. The van der Waals surface area contributed by atoms with Crippen molar-refractivity contribution in [3.8, 4) is 5.75 Å². The number of carbonyl (C=O) groups is 1. The summed E-state index contributed by atoms with van der Waals surface area (Å²) in [6.07, 6.45) is 4.53. The summed E-state index contributed by atoms with van der Waals surface area (Å²) in [5.74, 6) is 1.20. The predicted octanol–water partition coefficient (Wildman–Crippen LogP) is 5.91. The molecule has 166 valence electrons. The minimum absolute atomic E-state index is 0.121. The molecule has 31 heavy (non-hydrogen) atoms. The van der Waals surface area contributed by atoms with Gasteiger partial charge in [0.25, 0.3) is 0 Å². The third-order valence-corrected chi connectivity index (χ3v) is 6.78. The molecular formula is C24H29Cl2N3O2. The average molecular weight is 462 g/mol. The van der Waals surface area contributed by atoms with Gasteiger partial charge >= 0.3 is 6.03 Å². The van der Waals surface area contributed by atoms with Crippen molar-refractivity contribution in [2.75, 3.05) is 32.0 Å². The summed E-state index contributed by atoms with van der Waals surface area (Å²) in [5, 5.41) is 4.27. The number of halogens is 2. The number of nitrogens with zero attached hydrogens (tertiary/aromatic N) is 2. The molecular weight excluding hydrogens is 433 g/mol. The Bertz CT molecular complexity index is 894. The van der Waals surface area contributed by atoms with Gasteiger partial charge in [-0.15, -0.1) is 0 Å². The van der Waals surface area contributed by atoms with Crippen LogP contribution in [0, 0.1) is 5.92 Å². The molecule has 1 saturated carbocycles. The molecule has 2 aromatic carbocycles. The largest absolute Gasteiger partial charge is 0.489 e. The Morgan fingerprint density at radius 1 is 1.13 bits per heavy atom. The Hall–Kier alpha value is -1.95. The fourth-order valence-corrected chi connectivity index (χ4v) is 4.63. The number of urea groups is 1. The number of nitrogens with one attached hydrogen (secondary N) is 1. The van der Waals surface area contributed by atoms with Gasteiger partial charge in [0.2, 0.25) is 0 Å². The molecule has 2 aliphatic rings. The van der Waals surface area contributed by atoms with Crippen LogP contribution in [-0.2, 0) is 6.54 Å². The summed E-state index contributed by atoms with van der Waals surface area (Å²) < 4.78 is 6.18. The van der Waals surface area contributed by atoms with E-state index in [1.165, 1.54) is 12.8 Å². The van der Waals surface area contributed by atoms with E-state index < -0.39 is 0 Å². The van der Waals surface area contributed by atoms with Crippen LogP contribution in [0.4, 0.5) is 10.5 Å². The Morgan fingerprint density at radius 2 is 1.84 bits per heavy atom. The van der Waals surface area contributed by atoms with Gasteiger partial charge in [-0.1, -0.05) is 35.3 Å². The van der Waals surface area contributed by atoms with Gasteiger partial charge in [0.15, 0.2) is 0 Å². The van der Waals surface area contributed by atoms with E-state index in [0.29, 0.717) is 17.5 Å². The normalized spacial score (nSPS) is 20.9. The SMILES string of the molecule is CN(CC1CC(Oc2cccc(CN3CCCC3)c2Cl)C1)C(=O)Nc1ccc(Cl)cc1. The van der Waals surface area contributed by atoms with Gasteiger partial charge in [0, 0.05) is 30.8 Å². The first kappa shape index (κ1) is 22.3. The van der Waals surface area contributed by atoms with Crippen molar-refractivity contribution in [2.24, 2.45) is 5.92 Å². The molecule has 1 aliphatic heterocycles. The number of amides is 2. The van der Waals surface area contributed by atoms with Crippen LogP contribution in [0.3, 0.4) is 0 Å². The summed E-state index contributed by atoms with van der Waals surface area (Å²) >= 11 is 12.5. The highest BCUT2D eigenvalue weighted by molar-refractivity contribution is 6.32. The maximum atomic E-state index is 12.4. The summed E-state index contributed by atoms with van der Waals surface area (Å²) in [6.45, 7) is 3.87. The topological polar surface area (TPSA) is 44.8 Å². The smallest absolute Gasteiger partial charge is 0.321 e. The third-order valence-electron chi connectivity index (χ3n) is 6.10. The zero-order valence-corrected chi connectivity index (χ0v) is 19.3. The van der Waals surface area contributed by atoms with Crippen molar-refractivity contribution >= 4 is 34.9 Å². The van der Waals surface area contributed by atoms with Crippen LogP contribution < -0.4 is 10.1 Å². The third kappa shape index (κ3) is 5.85. The van der Waals surface area contributed by atoms with Gasteiger partial charge < -0.3 is 15.0 Å². The summed E-state index contributed by atoms with van der Waals surface area (Å²) in [4.78, 5) is 16.6. The highest BCUT2D eigenvalue weighted by atomic mass is 35.5. The Labute approximate surface area is 194 Å². The Balaban J connectivity index is 1.23. The molecule has 0 bridgehead atoms. The minimum atomic E-state index is -0.121. The van der Waals surface area contributed by atoms with Gasteiger partial charge in [0.05, 0.1) is 11.1 Å². The quantitative estimate of drug-likeness (QED) is 0.557. The molecule has 5 nitrogen and oxygen atoms in total. The lowest BCUT2D eigenvalue weighted by Crippen LogP contribution is -2.43. The molecule has 2 amide bonds. The van der Waals surface area contributed by atoms with Crippen LogP contribution in [0.5, 0.6) is 5.75 Å². The molecule has 0 spiro atoms. The second kappa shape index (κ2) is 10.1. The van der Waals surface area contributed by atoms with Gasteiger partial charge in [-0.3, -0.25) is 4.90 Å². The van der Waals surface area contributed by atoms with Crippen LogP contribution >= 0.6 is 23.2 Å². The van der Waals surface area contributed by atoms with Crippen LogP contribution in [0.15, 0.2) is 42.5 Å². The molecule has 1 aliphatic carbocycles. The number of anilines is 1. The zero-order valence-electron chi connectivity index (χ0n) is 17.8. The highest BCUT2D eigenvalue weighted by Crippen LogP contribution is 2.36. The van der Waals surface area contributed by atoms with E-state index >= 15 is 0 Å². The number of hydrogen-bond donors (Lipinski definition) is 1. The standard InChI is InChI=1S/C24H29Cl2N3O2/c1-28(24(30)27-20-9-7-19(25)8-10-20)15-17-13-21(14-17)31-22-6-4-5-18(23(22)26)16-29-11-2-3-12-29/h4-10,17,21H,2-3,11-16H2,1H3,(H,27,30). The molecule has 0 unspecified atom stereocenters. The average Bonchev–Trinajstić information content (AvgIpc) is 3.23. The molecule has 0 aromatic heterocycles. The highest BCUT2D eigenvalue weighted by Gasteiger charge is 2.33. The lowest BCUT2D eigenvalue weighted by atomic mass is 9.82. The van der Waals surface area contributed by atoms with E-state index in [1.807, 2.05) is 19.2 Å². The molecule has 2 aromatic rings. The second-order valence-electron chi connectivity index (χ2n) is 8.61. The maximum Gasteiger partial charge on any atom is 0.321 e. The van der Waals surface area contributed by atoms with Gasteiger partial charge in [-0.25, -0.2) is 4.79 Å². The van der Waals surface area contributed by atoms with Gasteiger partial charge in [-0.05, 0) is 80.6 Å². The molecule has 1 heterocycles. The van der Waals surface area contributed by atoms with E-state index in [2.05, 4.69) is 16.3 Å². The summed E-state index contributed by atoms with van der Waals surface area (Å²) in [5.41, 5.74) is 1.87. The first-order chi connectivity index (χ1) is 15.0. The first-order valence-electron chi connectivity index (χ1n) is 10.9. The number of ether oxygens (including phenoxy) is 1. The van der Waals surface area contributed by atoms with Crippen molar-refractivity contribution in [3.05, 3.63) is 58.1 Å². The fourth-order valence-electron chi connectivity index (χ4n) is 4.27. The maximum absolute atomic E-state index is 12.4. The zero-order chi connectivity index (χ0) is 21.8. The second-order valence-corrected chi connectivity index (χ2v) is 9.42. The van der Waals surface area contributed by atoms with E-state index in [1.54, 1.807) is 29.2 Å². The Kier molecular flexibility index (Phi) is 7.26. The van der Waals surface area contributed by atoms with Crippen molar-refractivity contribution in [1.82, 2.24) is 9.80 Å². The molecule has 4 rings (SSSR count). The van der Waals surface area contributed by atoms with Crippen LogP contribution in [0.2, 0.25) is 10.0 Å². The number of carbonyl (C=O) groups excluding carboxylic acids is 1. The monoisotopic (exact) mass is 461 g/mol. The molecule has 7 heteroatoms. The summed E-state index contributed by atoms with van der Waals surface area (Å²) in [6, 6.07) is 13.1. The van der Waals surface area contributed by atoms with Crippen LogP contribution in [-0.4, -0.2) is 48.6 Å². The van der Waals surface area contributed by atoms with Crippen molar-refractivity contribution in [1.29, 1.82) is 0 Å².